The fourth-order valence-corrected chi connectivity index (χ4v) is 3.89. The van der Waals surface area contributed by atoms with Crippen LogP contribution in [0.3, 0.4) is 0 Å². The molecule has 3 aromatic carbocycles. The number of fused-ring (bicyclic) bond motifs is 3. The molecule has 0 aliphatic rings. The molecule has 4 rings (SSSR count). The van der Waals surface area contributed by atoms with E-state index in [1.807, 2.05) is 12.1 Å². The second-order valence-corrected chi connectivity index (χ2v) is 7.15. The number of nitrogens with one attached hydrogen (secondary N) is 1. The first-order valence-corrected chi connectivity index (χ1v) is 9.44. The lowest BCUT2D eigenvalue weighted by Crippen LogP contribution is -2.15. The largest absolute Gasteiger partial charge is 0.341 e. The molecular weight excluding hydrogens is 332 g/mol. The zero-order valence-corrected chi connectivity index (χ0v) is 16.0. The molecule has 0 radical (unpaired) electrons. The second kappa shape index (κ2) is 6.92. The monoisotopic (exact) mass is 356 g/mol. The normalized spacial score (nSPS) is 11.2. The van der Waals surface area contributed by atoms with Gasteiger partial charge in [0, 0.05) is 34.0 Å². The molecule has 136 valence electrons. The number of anilines is 1. The maximum absolute atomic E-state index is 12.6. The fraction of sp³-hybridized carbons (Fsp3) is 0.208. The van der Waals surface area contributed by atoms with Crippen molar-refractivity contribution in [1.29, 1.82) is 0 Å². The third kappa shape index (κ3) is 3.21. The summed E-state index contributed by atoms with van der Waals surface area (Å²) in [6.07, 6.45) is 0.390. The summed E-state index contributed by atoms with van der Waals surface area (Å²) in [5.41, 5.74) is 6.72. The standard InChI is InChI=1S/C24H24N2O/c1-4-26-22-8-6-5-7-20(22)21-15-19(11-12-23(21)26)25-24(27)14-18-10-9-16(2)13-17(18)3/h5-13,15H,4,14H2,1-3H3,(H,25,27). The highest BCUT2D eigenvalue weighted by Crippen LogP contribution is 2.31. The Morgan fingerprint density at radius 2 is 1.70 bits per heavy atom. The highest BCUT2D eigenvalue weighted by molar-refractivity contribution is 6.09. The van der Waals surface area contributed by atoms with E-state index in [-0.39, 0.29) is 5.91 Å². The van der Waals surface area contributed by atoms with Gasteiger partial charge in [0.25, 0.3) is 0 Å². The minimum Gasteiger partial charge on any atom is -0.341 e. The second-order valence-electron chi connectivity index (χ2n) is 7.15. The van der Waals surface area contributed by atoms with Crippen LogP contribution in [0.15, 0.2) is 60.7 Å². The number of aryl methyl sites for hydroxylation is 3. The van der Waals surface area contributed by atoms with Crippen LogP contribution in [0.25, 0.3) is 21.8 Å². The quantitative estimate of drug-likeness (QED) is 0.506. The van der Waals surface area contributed by atoms with Gasteiger partial charge in [-0.15, -0.1) is 0 Å². The van der Waals surface area contributed by atoms with E-state index in [4.69, 9.17) is 0 Å². The lowest BCUT2D eigenvalue weighted by molar-refractivity contribution is -0.115. The van der Waals surface area contributed by atoms with Crippen molar-refractivity contribution in [3.8, 4) is 0 Å². The first-order chi connectivity index (χ1) is 13.1. The van der Waals surface area contributed by atoms with Gasteiger partial charge in [-0.1, -0.05) is 42.0 Å². The topological polar surface area (TPSA) is 34.0 Å². The van der Waals surface area contributed by atoms with E-state index in [0.29, 0.717) is 6.42 Å². The zero-order valence-electron chi connectivity index (χ0n) is 16.0. The molecule has 0 spiro atoms. The minimum absolute atomic E-state index is 0.0144. The number of aromatic nitrogens is 1. The predicted octanol–water partition coefficient (Wildman–Crippen LogP) is 5.61. The van der Waals surface area contributed by atoms with Crippen LogP contribution in [0.2, 0.25) is 0 Å². The molecule has 3 heteroatoms. The molecular formula is C24H24N2O. The number of carbonyl (C=O) groups excluding carboxylic acids is 1. The van der Waals surface area contributed by atoms with Crippen LogP contribution in [-0.2, 0) is 17.8 Å². The Morgan fingerprint density at radius 1 is 0.926 bits per heavy atom. The molecule has 0 unspecified atom stereocenters. The van der Waals surface area contributed by atoms with Crippen molar-refractivity contribution < 1.29 is 4.79 Å². The van der Waals surface area contributed by atoms with Gasteiger partial charge in [0.05, 0.1) is 6.42 Å². The molecule has 27 heavy (non-hydrogen) atoms. The third-order valence-electron chi connectivity index (χ3n) is 5.22. The molecule has 1 aromatic heterocycles. The van der Waals surface area contributed by atoms with Crippen LogP contribution in [-0.4, -0.2) is 10.5 Å². The summed E-state index contributed by atoms with van der Waals surface area (Å²) in [5, 5.41) is 5.47. The number of benzene rings is 3. The summed E-state index contributed by atoms with van der Waals surface area (Å²) < 4.78 is 2.31. The van der Waals surface area contributed by atoms with Gasteiger partial charge >= 0.3 is 0 Å². The lowest BCUT2D eigenvalue weighted by Gasteiger charge is -2.09. The molecule has 0 aliphatic carbocycles. The Kier molecular flexibility index (Phi) is 4.44. The van der Waals surface area contributed by atoms with E-state index < -0.39 is 0 Å². The van der Waals surface area contributed by atoms with E-state index in [9.17, 15) is 4.79 Å². The Labute approximate surface area is 159 Å². The van der Waals surface area contributed by atoms with Crippen molar-refractivity contribution >= 4 is 33.4 Å². The first-order valence-electron chi connectivity index (χ1n) is 9.44. The van der Waals surface area contributed by atoms with Gasteiger partial charge in [0.15, 0.2) is 0 Å². The number of nitrogens with zero attached hydrogens (tertiary/aromatic N) is 1. The Bertz CT molecular complexity index is 1150. The van der Waals surface area contributed by atoms with Gasteiger partial charge in [-0.25, -0.2) is 0 Å². The highest BCUT2D eigenvalue weighted by Gasteiger charge is 2.11. The number of hydrogen-bond donors (Lipinski definition) is 1. The van der Waals surface area contributed by atoms with Crippen molar-refractivity contribution in [2.45, 2.75) is 33.7 Å². The lowest BCUT2D eigenvalue weighted by atomic mass is 10.0. The summed E-state index contributed by atoms with van der Waals surface area (Å²) in [4.78, 5) is 12.6. The van der Waals surface area contributed by atoms with Crippen molar-refractivity contribution in [2.24, 2.45) is 0 Å². The molecule has 3 nitrogen and oxygen atoms in total. The number of para-hydroxylation sites is 1. The van der Waals surface area contributed by atoms with Crippen molar-refractivity contribution in [3.05, 3.63) is 77.4 Å². The molecule has 0 saturated carbocycles. The van der Waals surface area contributed by atoms with Crippen LogP contribution in [0, 0.1) is 13.8 Å². The molecule has 0 aliphatic heterocycles. The van der Waals surface area contributed by atoms with Crippen LogP contribution < -0.4 is 5.32 Å². The number of carbonyl (C=O) groups is 1. The zero-order chi connectivity index (χ0) is 19.0. The van der Waals surface area contributed by atoms with Crippen molar-refractivity contribution in [2.75, 3.05) is 5.32 Å². The van der Waals surface area contributed by atoms with Gasteiger partial charge < -0.3 is 9.88 Å². The van der Waals surface area contributed by atoms with Crippen LogP contribution in [0.5, 0.6) is 0 Å². The summed E-state index contributed by atoms with van der Waals surface area (Å²) in [6.45, 7) is 7.20. The van der Waals surface area contributed by atoms with Gasteiger partial charge in [-0.3, -0.25) is 4.79 Å². The Morgan fingerprint density at radius 3 is 2.48 bits per heavy atom. The Balaban J connectivity index is 1.64. The number of amides is 1. The van der Waals surface area contributed by atoms with Gasteiger partial charge in [0.2, 0.25) is 5.91 Å². The van der Waals surface area contributed by atoms with Gasteiger partial charge in [-0.05, 0) is 56.2 Å². The summed E-state index contributed by atoms with van der Waals surface area (Å²) >= 11 is 0. The van der Waals surface area contributed by atoms with E-state index in [2.05, 4.69) is 79.2 Å². The molecule has 1 heterocycles. The maximum atomic E-state index is 12.6. The van der Waals surface area contributed by atoms with Crippen molar-refractivity contribution in [1.82, 2.24) is 4.57 Å². The third-order valence-corrected chi connectivity index (χ3v) is 5.22. The van der Waals surface area contributed by atoms with Gasteiger partial charge in [-0.2, -0.15) is 0 Å². The van der Waals surface area contributed by atoms with Crippen molar-refractivity contribution in [3.63, 3.8) is 0 Å². The minimum atomic E-state index is 0.0144. The molecule has 0 bridgehead atoms. The van der Waals surface area contributed by atoms with Crippen LogP contribution in [0.1, 0.15) is 23.6 Å². The first kappa shape index (κ1) is 17.3. The summed E-state index contributed by atoms with van der Waals surface area (Å²) in [7, 11) is 0. The van der Waals surface area contributed by atoms with E-state index in [1.54, 1.807) is 0 Å². The summed E-state index contributed by atoms with van der Waals surface area (Å²) in [6, 6.07) is 20.8. The molecule has 4 aromatic rings. The molecule has 0 atom stereocenters. The van der Waals surface area contributed by atoms with E-state index in [0.717, 1.165) is 23.4 Å². The smallest absolute Gasteiger partial charge is 0.228 e. The Hall–Kier alpha value is -3.07. The van der Waals surface area contributed by atoms with E-state index in [1.165, 1.54) is 27.4 Å². The number of hydrogen-bond acceptors (Lipinski definition) is 1. The van der Waals surface area contributed by atoms with Crippen LogP contribution >= 0.6 is 0 Å². The number of rotatable bonds is 4. The average molecular weight is 356 g/mol. The summed E-state index contributed by atoms with van der Waals surface area (Å²) in [5.74, 6) is 0.0144. The predicted molar refractivity (Wildman–Crippen MR) is 113 cm³/mol. The fourth-order valence-electron chi connectivity index (χ4n) is 3.89. The molecule has 1 amide bonds. The SMILES string of the molecule is CCn1c2ccccc2c2cc(NC(=O)Cc3ccc(C)cc3C)ccc21. The van der Waals surface area contributed by atoms with E-state index >= 15 is 0 Å². The van der Waals surface area contributed by atoms with Gasteiger partial charge in [0.1, 0.15) is 0 Å². The van der Waals surface area contributed by atoms with Crippen LogP contribution in [0.4, 0.5) is 5.69 Å². The highest BCUT2D eigenvalue weighted by atomic mass is 16.1. The average Bonchev–Trinajstić information content (AvgIpc) is 2.97. The molecule has 0 fully saturated rings. The molecule has 0 saturated heterocycles. The molecule has 1 N–H and O–H groups in total. The maximum Gasteiger partial charge on any atom is 0.228 e.